The zero-order valence-corrected chi connectivity index (χ0v) is 10.8. The fraction of sp³-hybridized carbons (Fsp3) is 0.143. The van der Waals surface area contributed by atoms with Crippen LogP contribution in [0.2, 0.25) is 0 Å². The summed E-state index contributed by atoms with van der Waals surface area (Å²) >= 11 is 0. The van der Waals surface area contributed by atoms with Gasteiger partial charge in [0, 0.05) is 29.2 Å². The molecular formula is C14H15N3O2. The monoisotopic (exact) mass is 257 g/mol. The number of aryl methyl sites for hydroxylation is 1. The maximum absolute atomic E-state index is 10.8. The SMILES string of the molecule is Cc1cccc(Nc2cc(N)cc([N+](=O)[O-])c2)c1C. The minimum absolute atomic E-state index is 0.0205. The Kier molecular flexibility index (Phi) is 3.37. The number of rotatable bonds is 3. The summed E-state index contributed by atoms with van der Waals surface area (Å²) in [5.74, 6) is 0. The number of hydrogen-bond donors (Lipinski definition) is 2. The zero-order chi connectivity index (χ0) is 14.0. The molecule has 0 aliphatic rings. The van der Waals surface area contributed by atoms with E-state index in [0.717, 1.165) is 16.8 Å². The topological polar surface area (TPSA) is 81.2 Å². The molecule has 0 aliphatic carbocycles. The third-order valence-electron chi connectivity index (χ3n) is 3.03. The van der Waals surface area contributed by atoms with Crippen LogP contribution in [0.4, 0.5) is 22.7 Å². The lowest BCUT2D eigenvalue weighted by Crippen LogP contribution is -1.98. The first-order valence-corrected chi connectivity index (χ1v) is 5.85. The first-order valence-electron chi connectivity index (χ1n) is 5.85. The van der Waals surface area contributed by atoms with E-state index in [4.69, 9.17) is 5.73 Å². The molecular weight excluding hydrogens is 242 g/mol. The summed E-state index contributed by atoms with van der Waals surface area (Å²) in [6, 6.07) is 10.4. The Morgan fingerprint density at radius 1 is 1.21 bits per heavy atom. The van der Waals surface area contributed by atoms with Crippen LogP contribution < -0.4 is 11.1 Å². The summed E-state index contributed by atoms with van der Waals surface area (Å²) in [6.45, 7) is 4.01. The van der Waals surface area contributed by atoms with Crippen molar-refractivity contribution < 1.29 is 4.92 Å². The van der Waals surface area contributed by atoms with Gasteiger partial charge in [0.2, 0.25) is 0 Å². The fourth-order valence-electron chi connectivity index (χ4n) is 1.85. The van der Waals surface area contributed by atoms with Crippen LogP contribution in [-0.2, 0) is 0 Å². The molecule has 0 bridgehead atoms. The normalized spacial score (nSPS) is 10.2. The summed E-state index contributed by atoms with van der Waals surface area (Å²) in [5.41, 5.74) is 9.81. The van der Waals surface area contributed by atoms with Crippen LogP contribution >= 0.6 is 0 Å². The van der Waals surface area contributed by atoms with E-state index < -0.39 is 4.92 Å². The van der Waals surface area contributed by atoms with Crippen molar-refractivity contribution in [2.75, 3.05) is 11.1 Å². The largest absolute Gasteiger partial charge is 0.398 e. The van der Waals surface area contributed by atoms with Gasteiger partial charge in [-0.15, -0.1) is 0 Å². The number of nitrogens with two attached hydrogens (primary N) is 1. The van der Waals surface area contributed by atoms with Crippen LogP contribution in [0.1, 0.15) is 11.1 Å². The minimum atomic E-state index is -0.454. The summed E-state index contributed by atoms with van der Waals surface area (Å²) < 4.78 is 0. The second kappa shape index (κ2) is 4.97. The van der Waals surface area contributed by atoms with E-state index >= 15 is 0 Å². The summed E-state index contributed by atoms with van der Waals surface area (Å²) in [7, 11) is 0. The molecule has 0 saturated heterocycles. The van der Waals surface area contributed by atoms with E-state index in [0.29, 0.717) is 11.4 Å². The molecule has 0 spiro atoms. The van der Waals surface area contributed by atoms with Crippen LogP contribution in [0.3, 0.4) is 0 Å². The predicted octanol–water partition coefficient (Wildman–Crippen LogP) is 3.54. The van der Waals surface area contributed by atoms with Gasteiger partial charge < -0.3 is 11.1 Å². The summed E-state index contributed by atoms with van der Waals surface area (Å²) in [4.78, 5) is 10.3. The highest BCUT2D eigenvalue weighted by molar-refractivity contribution is 5.69. The molecule has 0 fully saturated rings. The number of non-ortho nitro benzene ring substituents is 1. The van der Waals surface area contributed by atoms with Gasteiger partial charge in [0.15, 0.2) is 0 Å². The van der Waals surface area contributed by atoms with Crippen molar-refractivity contribution in [2.45, 2.75) is 13.8 Å². The van der Waals surface area contributed by atoms with Crippen LogP contribution in [0.5, 0.6) is 0 Å². The van der Waals surface area contributed by atoms with E-state index in [-0.39, 0.29) is 5.69 Å². The molecule has 98 valence electrons. The number of anilines is 3. The first kappa shape index (κ1) is 12.9. The average molecular weight is 257 g/mol. The first-order chi connectivity index (χ1) is 8.97. The molecule has 2 rings (SSSR count). The van der Waals surface area contributed by atoms with Gasteiger partial charge in [-0.1, -0.05) is 12.1 Å². The molecule has 0 heterocycles. The lowest BCUT2D eigenvalue weighted by molar-refractivity contribution is -0.384. The molecule has 2 aromatic rings. The molecule has 0 saturated carbocycles. The molecule has 0 atom stereocenters. The molecule has 0 unspecified atom stereocenters. The average Bonchev–Trinajstić information content (AvgIpc) is 2.34. The highest BCUT2D eigenvalue weighted by atomic mass is 16.6. The fourth-order valence-corrected chi connectivity index (χ4v) is 1.85. The molecule has 5 heteroatoms. The van der Waals surface area contributed by atoms with Crippen molar-refractivity contribution in [1.82, 2.24) is 0 Å². The van der Waals surface area contributed by atoms with Crippen molar-refractivity contribution in [2.24, 2.45) is 0 Å². The molecule has 0 radical (unpaired) electrons. The lowest BCUT2D eigenvalue weighted by Gasteiger charge is -2.11. The highest BCUT2D eigenvalue weighted by Gasteiger charge is 2.09. The van der Waals surface area contributed by atoms with Crippen LogP contribution in [0.25, 0.3) is 0 Å². The second-order valence-corrected chi connectivity index (χ2v) is 4.44. The Hall–Kier alpha value is -2.56. The Bertz CT molecular complexity index is 639. The van der Waals surface area contributed by atoms with Crippen molar-refractivity contribution in [3.05, 3.63) is 57.6 Å². The Morgan fingerprint density at radius 3 is 2.63 bits per heavy atom. The van der Waals surface area contributed by atoms with E-state index in [2.05, 4.69) is 5.32 Å². The van der Waals surface area contributed by atoms with Crippen molar-refractivity contribution >= 4 is 22.7 Å². The highest BCUT2D eigenvalue weighted by Crippen LogP contribution is 2.27. The maximum atomic E-state index is 10.8. The minimum Gasteiger partial charge on any atom is -0.398 e. The Morgan fingerprint density at radius 2 is 1.95 bits per heavy atom. The second-order valence-electron chi connectivity index (χ2n) is 4.44. The number of hydrogen-bond acceptors (Lipinski definition) is 4. The Balaban J connectivity index is 2.38. The molecule has 0 amide bonds. The molecule has 0 aliphatic heterocycles. The van der Waals surface area contributed by atoms with Gasteiger partial charge in [-0.2, -0.15) is 0 Å². The third-order valence-corrected chi connectivity index (χ3v) is 3.03. The van der Waals surface area contributed by atoms with Crippen LogP contribution in [0, 0.1) is 24.0 Å². The number of nitrogens with zero attached hydrogens (tertiary/aromatic N) is 1. The van der Waals surface area contributed by atoms with E-state index in [9.17, 15) is 10.1 Å². The standard InChI is InChI=1S/C14H15N3O2/c1-9-4-3-5-14(10(9)2)16-12-6-11(15)7-13(8-12)17(18)19/h3-8,16H,15H2,1-2H3. The number of nitrogens with one attached hydrogen (secondary N) is 1. The van der Waals surface area contributed by atoms with E-state index in [1.54, 1.807) is 6.07 Å². The maximum Gasteiger partial charge on any atom is 0.273 e. The molecule has 19 heavy (non-hydrogen) atoms. The van der Waals surface area contributed by atoms with Gasteiger partial charge in [-0.3, -0.25) is 10.1 Å². The quantitative estimate of drug-likeness (QED) is 0.500. The lowest BCUT2D eigenvalue weighted by atomic mass is 10.1. The predicted molar refractivity (Wildman–Crippen MR) is 76.7 cm³/mol. The Labute approximate surface area is 111 Å². The van der Waals surface area contributed by atoms with Gasteiger partial charge in [0.1, 0.15) is 0 Å². The van der Waals surface area contributed by atoms with Crippen LogP contribution in [0.15, 0.2) is 36.4 Å². The molecule has 0 aromatic heterocycles. The van der Waals surface area contributed by atoms with E-state index in [1.165, 1.54) is 12.1 Å². The van der Waals surface area contributed by atoms with Gasteiger partial charge in [-0.25, -0.2) is 0 Å². The zero-order valence-electron chi connectivity index (χ0n) is 10.8. The van der Waals surface area contributed by atoms with Gasteiger partial charge in [-0.05, 0) is 37.1 Å². The van der Waals surface area contributed by atoms with E-state index in [1.807, 2.05) is 32.0 Å². The number of benzene rings is 2. The smallest absolute Gasteiger partial charge is 0.273 e. The number of nitro groups is 1. The van der Waals surface area contributed by atoms with Gasteiger partial charge in [0.05, 0.1) is 4.92 Å². The third kappa shape index (κ3) is 2.82. The van der Waals surface area contributed by atoms with Crippen molar-refractivity contribution in [1.29, 1.82) is 0 Å². The number of nitro benzene ring substituents is 1. The van der Waals surface area contributed by atoms with Gasteiger partial charge in [0.25, 0.3) is 5.69 Å². The molecule has 5 nitrogen and oxygen atoms in total. The van der Waals surface area contributed by atoms with Crippen molar-refractivity contribution in [3.63, 3.8) is 0 Å². The van der Waals surface area contributed by atoms with Crippen molar-refractivity contribution in [3.8, 4) is 0 Å². The summed E-state index contributed by atoms with van der Waals surface area (Å²) in [6.07, 6.45) is 0. The van der Waals surface area contributed by atoms with Gasteiger partial charge >= 0.3 is 0 Å². The van der Waals surface area contributed by atoms with Crippen LogP contribution in [-0.4, -0.2) is 4.92 Å². The molecule has 2 aromatic carbocycles. The molecule has 3 N–H and O–H groups in total. The summed E-state index contributed by atoms with van der Waals surface area (Å²) in [5, 5.41) is 14.0. The number of nitrogen functional groups attached to an aromatic ring is 1.